The first kappa shape index (κ1) is 20.4. The van der Waals surface area contributed by atoms with Gasteiger partial charge in [0.05, 0.1) is 23.6 Å². The molecule has 9 heteroatoms. The van der Waals surface area contributed by atoms with Crippen molar-refractivity contribution in [2.75, 3.05) is 13.2 Å². The lowest BCUT2D eigenvalue weighted by Crippen LogP contribution is -2.33. The van der Waals surface area contributed by atoms with Crippen molar-refractivity contribution in [1.29, 1.82) is 0 Å². The van der Waals surface area contributed by atoms with Gasteiger partial charge in [-0.15, -0.1) is 0 Å². The first-order chi connectivity index (χ1) is 12.8. The number of nitrogens with two attached hydrogens (primary N) is 1. The van der Waals surface area contributed by atoms with Crippen LogP contribution in [-0.4, -0.2) is 33.4 Å². The van der Waals surface area contributed by atoms with Crippen LogP contribution in [0.2, 0.25) is 0 Å². The molecule has 0 unspecified atom stereocenters. The Morgan fingerprint density at radius 3 is 2.37 bits per heavy atom. The van der Waals surface area contributed by atoms with E-state index in [-0.39, 0.29) is 17.1 Å². The lowest BCUT2D eigenvalue weighted by molar-refractivity contribution is -0.116. The molecule has 0 aliphatic heterocycles. The fraction of sp³-hybridized carbons (Fsp3) is 0.222. The van der Waals surface area contributed by atoms with Crippen LogP contribution in [0.15, 0.2) is 53.4 Å². The van der Waals surface area contributed by atoms with Crippen molar-refractivity contribution in [2.45, 2.75) is 18.4 Å². The molecule has 0 fully saturated rings. The lowest BCUT2D eigenvalue weighted by Gasteiger charge is -2.11. The number of rotatable bonds is 9. The molecule has 1 amide bonds. The Morgan fingerprint density at radius 2 is 1.74 bits per heavy atom. The number of esters is 1. The summed E-state index contributed by atoms with van der Waals surface area (Å²) in [6, 6.07) is 12.4. The Bertz CT molecular complexity index is 910. The molecule has 2 aromatic carbocycles. The first-order valence-electron chi connectivity index (χ1n) is 8.09. The minimum Gasteiger partial charge on any atom is -0.493 e. The molecule has 0 saturated heterocycles. The van der Waals surface area contributed by atoms with Gasteiger partial charge in [0.15, 0.2) is 0 Å². The fourth-order valence-electron chi connectivity index (χ4n) is 2.17. The predicted molar refractivity (Wildman–Crippen MR) is 97.6 cm³/mol. The second kappa shape index (κ2) is 9.15. The van der Waals surface area contributed by atoms with Gasteiger partial charge in [-0.1, -0.05) is 18.2 Å². The second-order valence-corrected chi connectivity index (χ2v) is 7.20. The predicted octanol–water partition coefficient (Wildman–Crippen LogP) is 1.21. The SMILES string of the molecule is CCOc1ccccc1COC(=O)c1ccc(S(=O)(=O)NCC(N)=O)cc1. The Labute approximate surface area is 157 Å². The van der Waals surface area contributed by atoms with Crippen LogP contribution in [0.5, 0.6) is 5.75 Å². The van der Waals surface area contributed by atoms with E-state index in [4.69, 9.17) is 15.2 Å². The number of hydrogen-bond donors (Lipinski definition) is 2. The molecule has 0 heterocycles. The molecule has 0 aliphatic rings. The molecule has 0 bridgehead atoms. The van der Waals surface area contributed by atoms with Gasteiger partial charge in [-0.05, 0) is 37.3 Å². The van der Waals surface area contributed by atoms with Gasteiger partial charge in [0, 0.05) is 5.56 Å². The zero-order chi connectivity index (χ0) is 19.9. The number of sulfonamides is 1. The molecule has 3 N–H and O–H groups in total. The molecular weight excluding hydrogens is 372 g/mol. The normalized spacial score (nSPS) is 11.0. The van der Waals surface area contributed by atoms with Gasteiger partial charge in [-0.25, -0.2) is 17.9 Å². The van der Waals surface area contributed by atoms with Crippen LogP contribution >= 0.6 is 0 Å². The quantitative estimate of drug-likeness (QED) is 0.618. The van der Waals surface area contributed by atoms with Crippen LogP contribution in [0.25, 0.3) is 0 Å². The standard InChI is InChI=1S/C18H20N2O6S/c1-2-25-16-6-4-3-5-14(16)12-26-18(22)13-7-9-15(10-8-13)27(23,24)20-11-17(19)21/h3-10,20H,2,11-12H2,1H3,(H2,19,21). The molecule has 0 saturated carbocycles. The Kier molecular flexibility index (Phi) is 6.91. The van der Waals surface area contributed by atoms with E-state index in [9.17, 15) is 18.0 Å². The van der Waals surface area contributed by atoms with Crippen molar-refractivity contribution in [3.63, 3.8) is 0 Å². The lowest BCUT2D eigenvalue weighted by atomic mass is 10.2. The minimum absolute atomic E-state index is 0.0230. The summed E-state index contributed by atoms with van der Waals surface area (Å²) in [5.41, 5.74) is 5.83. The van der Waals surface area contributed by atoms with Crippen LogP contribution < -0.4 is 15.2 Å². The molecule has 0 atom stereocenters. The third kappa shape index (κ3) is 5.80. The average Bonchev–Trinajstić information content (AvgIpc) is 2.66. The highest BCUT2D eigenvalue weighted by Crippen LogP contribution is 2.19. The van der Waals surface area contributed by atoms with Crippen LogP contribution in [0, 0.1) is 0 Å². The van der Waals surface area contributed by atoms with Crippen molar-refractivity contribution in [3.05, 3.63) is 59.7 Å². The van der Waals surface area contributed by atoms with E-state index in [1.54, 1.807) is 12.1 Å². The maximum absolute atomic E-state index is 12.2. The van der Waals surface area contributed by atoms with Crippen molar-refractivity contribution in [2.24, 2.45) is 5.73 Å². The number of amides is 1. The van der Waals surface area contributed by atoms with Crippen LogP contribution in [0.1, 0.15) is 22.8 Å². The van der Waals surface area contributed by atoms with Gasteiger partial charge in [0.2, 0.25) is 15.9 Å². The number of primary amides is 1. The molecular formula is C18H20N2O6S. The summed E-state index contributed by atoms with van der Waals surface area (Å²) in [7, 11) is -3.88. The van der Waals surface area contributed by atoms with Gasteiger partial charge < -0.3 is 15.2 Å². The van der Waals surface area contributed by atoms with Gasteiger partial charge in [0.25, 0.3) is 0 Å². The Morgan fingerprint density at radius 1 is 1.07 bits per heavy atom. The Hall–Kier alpha value is -2.91. The van der Waals surface area contributed by atoms with Gasteiger partial charge >= 0.3 is 5.97 Å². The first-order valence-corrected chi connectivity index (χ1v) is 9.57. The summed E-state index contributed by atoms with van der Waals surface area (Å²) in [6.45, 7) is 1.86. The van der Waals surface area contributed by atoms with Crippen molar-refractivity contribution in [1.82, 2.24) is 4.72 Å². The smallest absolute Gasteiger partial charge is 0.338 e. The second-order valence-electron chi connectivity index (χ2n) is 5.43. The van der Waals surface area contributed by atoms with E-state index in [0.717, 1.165) is 5.56 Å². The van der Waals surface area contributed by atoms with E-state index in [1.807, 2.05) is 19.1 Å². The van der Waals surface area contributed by atoms with E-state index in [2.05, 4.69) is 4.72 Å². The highest BCUT2D eigenvalue weighted by Gasteiger charge is 2.16. The summed E-state index contributed by atoms with van der Waals surface area (Å²) in [6.07, 6.45) is 0. The van der Waals surface area contributed by atoms with E-state index in [1.165, 1.54) is 24.3 Å². The van der Waals surface area contributed by atoms with Gasteiger partial charge in [-0.2, -0.15) is 0 Å². The monoisotopic (exact) mass is 392 g/mol. The summed E-state index contributed by atoms with van der Waals surface area (Å²) in [5.74, 6) is -0.767. The molecule has 0 spiro atoms. The largest absolute Gasteiger partial charge is 0.493 e. The van der Waals surface area contributed by atoms with Crippen LogP contribution in [0.3, 0.4) is 0 Å². The van der Waals surface area contributed by atoms with E-state index in [0.29, 0.717) is 12.4 Å². The number of ether oxygens (including phenoxy) is 2. The number of carbonyl (C=O) groups excluding carboxylic acids is 2. The van der Waals surface area contributed by atoms with E-state index < -0.39 is 28.4 Å². The van der Waals surface area contributed by atoms with Crippen LogP contribution in [-0.2, 0) is 26.2 Å². The van der Waals surface area contributed by atoms with Gasteiger partial charge in [-0.3, -0.25) is 4.79 Å². The number of hydrogen-bond acceptors (Lipinski definition) is 6. The van der Waals surface area contributed by atoms with Crippen LogP contribution in [0.4, 0.5) is 0 Å². The maximum Gasteiger partial charge on any atom is 0.338 e. The summed E-state index contributed by atoms with van der Waals surface area (Å²) in [4.78, 5) is 22.8. The molecule has 144 valence electrons. The van der Waals surface area contributed by atoms with Gasteiger partial charge in [0.1, 0.15) is 12.4 Å². The number of para-hydroxylation sites is 1. The topological polar surface area (TPSA) is 125 Å². The summed E-state index contributed by atoms with van der Waals surface area (Å²) in [5, 5.41) is 0. The molecule has 27 heavy (non-hydrogen) atoms. The average molecular weight is 392 g/mol. The zero-order valence-electron chi connectivity index (χ0n) is 14.7. The number of carbonyl (C=O) groups is 2. The molecule has 0 radical (unpaired) electrons. The molecule has 0 aromatic heterocycles. The zero-order valence-corrected chi connectivity index (χ0v) is 15.5. The van der Waals surface area contributed by atoms with Crippen molar-refractivity contribution >= 4 is 21.9 Å². The third-order valence-electron chi connectivity index (χ3n) is 3.47. The molecule has 8 nitrogen and oxygen atoms in total. The molecule has 2 rings (SSSR count). The highest BCUT2D eigenvalue weighted by atomic mass is 32.2. The van der Waals surface area contributed by atoms with Crippen molar-refractivity contribution in [3.8, 4) is 5.75 Å². The van der Waals surface area contributed by atoms with Crippen molar-refractivity contribution < 1.29 is 27.5 Å². The molecule has 2 aromatic rings. The maximum atomic E-state index is 12.2. The fourth-order valence-corrected chi connectivity index (χ4v) is 3.16. The third-order valence-corrected chi connectivity index (χ3v) is 4.89. The number of nitrogens with one attached hydrogen (secondary N) is 1. The number of benzene rings is 2. The minimum atomic E-state index is -3.88. The molecule has 0 aliphatic carbocycles. The highest BCUT2D eigenvalue weighted by molar-refractivity contribution is 7.89. The summed E-state index contributed by atoms with van der Waals surface area (Å²) < 4.78 is 36.7. The Balaban J connectivity index is 2.03. The van der Waals surface area contributed by atoms with E-state index >= 15 is 0 Å². The summed E-state index contributed by atoms with van der Waals surface area (Å²) >= 11 is 0.